The molecule has 88 valence electrons. The topological polar surface area (TPSA) is 12.5 Å². The van der Waals surface area contributed by atoms with Crippen LogP contribution in [-0.2, 0) is 4.74 Å². The molecule has 0 radical (unpaired) electrons. The number of alkyl halides is 1. The summed E-state index contributed by atoms with van der Waals surface area (Å²) in [6.45, 7) is 8.37. The van der Waals surface area contributed by atoms with Gasteiger partial charge in [0.1, 0.15) is 6.17 Å². The zero-order chi connectivity index (χ0) is 11.1. The SMILES string of the molecule is CC(C)(C)OCC1C(F)CN2CCCC12. The Bertz CT molecular complexity index is 226. The normalized spacial score (nSPS) is 37.2. The standard InChI is InChI=1S/C12H22FNO/c1-12(2,3)15-8-9-10(13)7-14-6-4-5-11(9)14/h9-11H,4-8H2,1-3H3. The van der Waals surface area contributed by atoms with Crippen LogP contribution in [0, 0.1) is 5.92 Å². The van der Waals surface area contributed by atoms with Crippen molar-refractivity contribution in [2.45, 2.75) is 51.4 Å². The Morgan fingerprint density at radius 3 is 2.80 bits per heavy atom. The second kappa shape index (κ2) is 4.02. The molecule has 0 bridgehead atoms. The average molecular weight is 215 g/mol. The van der Waals surface area contributed by atoms with E-state index >= 15 is 0 Å². The van der Waals surface area contributed by atoms with Gasteiger partial charge in [-0.25, -0.2) is 4.39 Å². The number of hydrogen-bond acceptors (Lipinski definition) is 2. The molecule has 0 spiro atoms. The summed E-state index contributed by atoms with van der Waals surface area (Å²) >= 11 is 0. The largest absolute Gasteiger partial charge is 0.375 e. The molecule has 0 amide bonds. The molecule has 2 fully saturated rings. The first kappa shape index (κ1) is 11.3. The zero-order valence-electron chi connectivity index (χ0n) is 10.0. The van der Waals surface area contributed by atoms with Crippen LogP contribution in [0.2, 0.25) is 0 Å². The highest BCUT2D eigenvalue weighted by atomic mass is 19.1. The number of nitrogens with zero attached hydrogens (tertiary/aromatic N) is 1. The van der Waals surface area contributed by atoms with Crippen LogP contribution in [-0.4, -0.2) is 42.4 Å². The maximum atomic E-state index is 13.8. The second-order valence-corrected chi connectivity index (χ2v) is 5.81. The number of halogens is 1. The molecule has 0 aromatic heterocycles. The van der Waals surface area contributed by atoms with Gasteiger partial charge in [-0.2, -0.15) is 0 Å². The number of hydrogen-bond donors (Lipinski definition) is 0. The van der Waals surface area contributed by atoms with Crippen LogP contribution in [0.25, 0.3) is 0 Å². The highest BCUT2D eigenvalue weighted by Crippen LogP contribution is 2.35. The van der Waals surface area contributed by atoms with Crippen molar-refractivity contribution < 1.29 is 9.13 Å². The van der Waals surface area contributed by atoms with E-state index in [9.17, 15) is 4.39 Å². The third-order valence-corrected chi connectivity index (χ3v) is 3.49. The molecular formula is C12H22FNO. The monoisotopic (exact) mass is 215 g/mol. The molecule has 2 saturated heterocycles. The quantitative estimate of drug-likeness (QED) is 0.700. The van der Waals surface area contributed by atoms with Gasteiger partial charge in [-0.15, -0.1) is 0 Å². The van der Waals surface area contributed by atoms with Crippen molar-refractivity contribution in [2.75, 3.05) is 19.7 Å². The van der Waals surface area contributed by atoms with E-state index in [1.807, 2.05) is 20.8 Å². The lowest BCUT2D eigenvalue weighted by Crippen LogP contribution is -2.32. The molecule has 2 aliphatic rings. The van der Waals surface area contributed by atoms with Crippen LogP contribution in [0.4, 0.5) is 4.39 Å². The molecule has 0 saturated carbocycles. The molecule has 3 atom stereocenters. The summed E-state index contributed by atoms with van der Waals surface area (Å²) in [4.78, 5) is 2.29. The van der Waals surface area contributed by atoms with E-state index in [2.05, 4.69) is 4.90 Å². The van der Waals surface area contributed by atoms with Crippen LogP contribution in [0.1, 0.15) is 33.6 Å². The van der Waals surface area contributed by atoms with E-state index in [1.165, 1.54) is 6.42 Å². The third kappa shape index (κ3) is 2.51. The molecule has 15 heavy (non-hydrogen) atoms. The van der Waals surface area contributed by atoms with E-state index in [1.54, 1.807) is 0 Å². The number of rotatable bonds is 2. The van der Waals surface area contributed by atoms with Gasteiger partial charge in [0, 0.05) is 18.5 Å². The molecule has 2 nitrogen and oxygen atoms in total. The maximum absolute atomic E-state index is 13.8. The third-order valence-electron chi connectivity index (χ3n) is 3.49. The van der Waals surface area contributed by atoms with Gasteiger partial charge in [0.05, 0.1) is 12.2 Å². The van der Waals surface area contributed by atoms with Gasteiger partial charge in [-0.3, -0.25) is 4.90 Å². The van der Waals surface area contributed by atoms with E-state index in [4.69, 9.17) is 4.74 Å². The first-order valence-corrected chi connectivity index (χ1v) is 5.99. The Hall–Kier alpha value is -0.150. The minimum absolute atomic E-state index is 0.103. The van der Waals surface area contributed by atoms with Crippen LogP contribution in [0.5, 0.6) is 0 Å². The van der Waals surface area contributed by atoms with Crippen molar-refractivity contribution in [3.05, 3.63) is 0 Å². The van der Waals surface area contributed by atoms with E-state index in [0.717, 1.165) is 13.0 Å². The minimum atomic E-state index is -0.683. The Labute approximate surface area is 91.8 Å². The fourth-order valence-electron chi connectivity index (χ4n) is 2.73. The van der Waals surface area contributed by atoms with Gasteiger partial charge in [-0.05, 0) is 40.2 Å². The van der Waals surface area contributed by atoms with E-state index in [0.29, 0.717) is 19.2 Å². The molecule has 3 unspecified atom stereocenters. The Morgan fingerprint density at radius 2 is 2.13 bits per heavy atom. The van der Waals surface area contributed by atoms with E-state index < -0.39 is 6.17 Å². The van der Waals surface area contributed by atoms with Gasteiger partial charge in [0.15, 0.2) is 0 Å². The van der Waals surface area contributed by atoms with Gasteiger partial charge in [0.2, 0.25) is 0 Å². The first-order valence-electron chi connectivity index (χ1n) is 5.99. The Kier molecular flexibility index (Phi) is 3.04. The average Bonchev–Trinajstić information content (AvgIpc) is 2.60. The van der Waals surface area contributed by atoms with Crippen molar-refractivity contribution in [1.29, 1.82) is 0 Å². The Balaban J connectivity index is 1.90. The lowest BCUT2D eigenvalue weighted by Gasteiger charge is -2.26. The zero-order valence-corrected chi connectivity index (χ0v) is 10.0. The van der Waals surface area contributed by atoms with Gasteiger partial charge >= 0.3 is 0 Å². The first-order chi connectivity index (χ1) is 6.97. The molecule has 2 heterocycles. The van der Waals surface area contributed by atoms with Crippen LogP contribution >= 0.6 is 0 Å². The van der Waals surface area contributed by atoms with Crippen molar-refractivity contribution in [3.8, 4) is 0 Å². The van der Waals surface area contributed by atoms with Crippen LogP contribution in [0.15, 0.2) is 0 Å². The van der Waals surface area contributed by atoms with Gasteiger partial charge in [0.25, 0.3) is 0 Å². The van der Waals surface area contributed by atoms with E-state index in [-0.39, 0.29) is 11.5 Å². The molecule has 0 N–H and O–H groups in total. The summed E-state index contributed by atoms with van der Waals surface area (Å²) in [5, 5.41) is 0. The van der Waals surface area contributed by atoms with Gasteiger partial charge in [-0.1, -0.05) is 0 Å². The molecule has 0 aromatic carbocycles. The predicted octanol–water partition coefficient (Wildman–Crippen LogP) is 2.23. The lowest BCUT2D eigenvalue weighted by molar-refractivity contribution is -0.0347. The van der Waals surface area contributed by atoms with Crippen molar-refractivity contribution in [3.63, 3.8) is 0 Å². The molecule has 0 aromatic rings. The molecule has 2 rings (SSSR count). The second-order valence-electron chi connectivity index (χ2n) is 5.81. The summed E-state index contributed by atoms with van der Waals surface area (Å²) < 4.78 is 19.5. The summed E-state index contributed by atoms with van der Waals surface area (Å²) in [7, 11) is 0. The lowest BCUT2D eigenvalue weighted by atomic mass is 9.97. The molecular weight excluding hydrogens is 193 g/mol. The smallest absolute Gasteiger partial charge is 0.119 e. The molecule has 0 aliphatic carbocycles. The van der Waals surface area contributed by atoms with Crippen molar-refractivity contribution >= 4 is 0 Å². The fourth-order valence-corrected chi connectivity index (χ4v) is 2.73. The molecule has 2 aliphatic heterocycles. The summed E-state index contributed by atoms with van der Waals surface area (Å²) in [6.07, 6.45) is 1.69. The predicted molar refractivity (Wildman–Crippen MR) is 58.7 cm³/mol. The highest BCUT2D eigenvalue weighted by Gasteiger charge is 2.44. The van der Waals surface area contributed by atoms with Crippen LogP contribution in [0.3, 0.4) is 0 Å². The van der Waals surface area contributed by atoms with Crippen molar-refractivity contribution in [2.24, 2.45) is 5.92 Å². The Morgan fingerprint density at radius 1 is 1.40 bits per heavy atom. The summed E-state index contributed by atoms with van der Waals surface area (Å²) in [5.41, 5.74) is -0.147. The summed E-state index contributed by atoms with van der Waals surface area (Å²) in [5.74, 6) is 0.103. The number of fused-ring (bicyclic) bond motifs is 1. The molecule has 3 heteroatoms. The van der Waals surface area contributed by atoms with Gasteiger partial charge < -0.3 is 4.74 Å². The number of ether oxygens (including phenoxy) is 1. The fraction of sp³-hybridized carbons (Fsp3) is 1.00. The minimum Gasteiger partial charge on any atom is -0.375 e. The summed E-state index contributed by atoms with van der Waals surface area (Å²) in [6, 6.07) is 0.447. The highest BCUT2D eigenvalue weighted by molar-refractivity contribution is 4.96. The maximum Gasteiger partial charge on any atom is 0.119 e. The van der Waals surface area contributed by atoms with Crippen molar-refractivity contribution in [1.82, 2.24) is 4.90 Å². The van der Waals surface area contributed by atoms with Crippen LogP contribution < -0.4 is 0 Å².